The van der Waals surface area contributed by atoms with Crippen LogP contribution in [0.2, 0.25) is 0 Å². The van der Waals surface area contributed by atoms with Gasteiger partial charge < -0.3 is 16.0 Å². The molecule has 2 aromatic rings. The highest BCUT2D eigenvalue weighted by molar-refractivity contribution is 7.07. The van der Waals surface area contributed by atoms with Crippen molar-refractivity contribution in [3.8, 4) is 0 Å². The summed E-state index contributed by atoms with van der Waals surface area (Å²) in [6.45, 7) is 4.63. The van der Waals surface area contributed by atoms with E-state index in [0.717, 1.165) is 12.5 Å². The molecule has 1 aromatic heterocycles. The minimum absolute atomic E-state index is 0.0624. The fourth-order valence-corrected chi connectivity index (χ4v) is 2.60. The van der Waals surface area contributed by atoms with Crippen LogP contribution in [-0.2, 0) is 6.54 Å². The SMILES string of the molecule is CCNC(=NCc1ccsc1)NCCNC(=O)c1ccccc1. The van der Waals surface area contributed by atoms with E-state index in [0.29, 0.717) is 25.2 Å². The maximum atomic E-state index is 11.9. The summed E-state index contributed by atoms with van der Waals surface area (Å²) < 4.78 is 0. The molecule has 0 aliphatic rings. The van der Waals surface area contributed by atoms with Gasteiger partial charge in [0.2, 0.25) is 0 Å². The molecule has 0 spiro atoms. The number of thiophene rings is 1. The number of amides is 1. The third kappa shape index (κ3) is 6.12. The summed E-state index contributed by atoms with van der Waals surface area (Å²) in [6.07, 6.45) is 0. The largest absolute Gasteiger partial charge is 0.357 e. The smallest absolute Gasteiger partial charge is 0.251 e. The molecule has 2 rings (SSSR count). The molecule has 5 nitrogen and oxygen atoms in total. The lowest BCUT2D eigenvalue weighted by Gasteiger charge is -2.11. The van der Waals surface area contributed by atoms with E-state index < -0.39 is 0 Å². The maximum absolute atomic E-state index is 11.9. The van der Waals surface area contributed by atoms with Gasteiger partial charge in [0, 0.05) is 25.2 Å². The molecular formula is C17H22N4OS. The number of carbonyl (C=O) groups is 1. The summed E-state index contributed by atoms with van der Waals surface area (Å²) in [6, 6.07) is 11.3. The van der Waals surface area contributed by atoms with Crippen LogP contribution in [0, 0.1) is 0 Å². The van der Waals surface area contributed by atoms with Gasteiger partial charge in [-0.2, -0.15) is 11.3 Å². The molecule has 6 heteroatoms. The maximum Gasteiger partial charge on any atom is 0.251 e. The summed E-state index contributed by atoms with van der Waals surface area (Å²) in [5.41, 5.74) is 1.87. The van der Waals surface area contributed by atoms with Crippen molar-refractivity contribution in [2.24, 2.45) is 4.99 Å². The molecular weight excluding hydrogens is 308 g/mol. The Bertz CT molecular complexity index is 611. The molecule has 0 unspecified atom stereocenters. The Morgan fingerprint density at radius 3 is 2.57 bits per heavy atom. The fraction of sp³-hybridized carbons (Fsp3) is 0.294. The van der Waals surface area contributed by atoms with Gasteiger partial charge in [0.05, 0.1) is 6.54 Å². The van der Waals surface area contributed by atoms with E-state index in [1.807, 2.05) is 30.5 Å². The molecule has 0 atom stereocenters. The Labute approximate surface area is 140 Å². The van der Waals surface area contributed by atoms with Crippen molar-refractivity contribution in [3.63, 3.8) is 0 Å². The van der Waals surface area contributed by atoms with Gasteiger partial charge in [-0.25, -0.2) is 4.99 Å². The van der Waals surface area contributed by atoms with Crippen molar-refractivity contribution in [2.75, 3.05) is 19.6 Å². The lowest BCUT2D eigenvalue weighted by molar-refractivity contribution is 0.0954. The molecule has 1 heterocycles. The Kier molecular flexibility index (Phi) is 7.13. The molecule has 1 aromatic carbocycles. The zero-order valence-electron chi connectivity index (χ0n) is 13.2. The predicted octanol–water partition coefficient (Wildman–Crippen LogP) is 2.23. The van der Waals surface area contributed by atoms with Gasteiger partial charge >= 0.3 is 0 Å². The summed E-state index contributed by atoms with van der Waals surface area (Å²) >= 11 is 1.67. The molecule has 0 aliphatic carbocycles. The first-order chi connectivity index (χ1) is 11.3. The molecule has 0 saturated heterocycles. The average molecular weight is 330 g/mol. The number of aliphatic imine (C=N–C) groups is 1. The van der Waals surface area contributed by atoms with Crippen LogP contribution in [0.4, 0.5) is 0 Å². The Hall–Kier alpha value is -2.34. The van der Waals surface area contributed by atoms with E-state index in [2.05, 4.69) is 32.4 Å². The highest BCUT2D eigenvalue weighted by atomic mass is 32.1. The van der Waals surface area contributed by atoms with Gasteiger partial charge in [-0.05, 0) is 41.4 Å². The van der Waals surface area contributed by atoms with Crippen LogP contribution in [-0.4, -0.2) is 31.5 Å². The van der Waals surface area contributed by atoms with Crippen LogP contribution in [0.15, 0.2) is 52.2 Å². The Morgan fingerprint density at radius 1 is 1.09 bits per heavy atom. The second-order valence-electron chi connectivity index (χ2n) is 4.88. The number of carbonyl (C=O) groups excluding carboxylic acids is 1. The lowest BCUT2D eigenvalue weighted by atomic mass is 10.2. The first-order valence-electron chi connectivity index (χ1n) is 7.66. The number of nitrogens with one attached hydrogen (secondary N) is 3. The van der Waals surface area contributed by atoms with Crippen molar-refractivity contribution in [1.82, 2.24) is 16.0 Å². The third-order valence-corrected chi connectivity index (χ3v) is 3.82. The van der Waals surface area contributed by atoms with Gasteiger partial charge in [0.15, 0.2) is 5.96 Å². The number of rotatable bonds is 7. The third-order valence-electron chi connectivity index (χ3n) is 3.08. The first-order valence-corrected chi connectivity index (χ1v) is 8.60. The first kappa shape index (κ1) is 17.0. The quantitative estimate of drug-likeness (QED) is 0.414. The number of hydrogen-bond donors (Lipinski definition) is 3. The minimum Gasteiger partial charge on any atom is -0.357 e. The molecule has 122 valence electrons. The Morgan fingerprint density at radius 2 is 1.87 bits per heavy atom. The van der Waals surface area contributed by atoms with Crippen molar-refractivity contribution in [2.45, 2.75) is 13.5 Å². The van der Waals surface area contributed by atoms with Gasteiger partial charge in [-0.3, -0.25) is 4.79 Å². The molecule has 0 saturated carbocycles. The number of guanidine groups is 1. The van der Waals surface area contributed by atoms with E-state index in [4.69, 9.17) is 0 Å². The highest BCUT2D eigenvalue weighted by Gasteiger charge is 2.03. The van der Waals surface area contributed by atoms with Crippen LogP contribution in [0.1, 0.15) is 22.8 Å². The van der Waals surface area contributed by atoms with Gasteiger partial charge in [-0.1, -0.05) is 18.2 Å². The molecule has 23 heavy (non-hydrogen) atoms. The number of hydrogen-bond acceptors (Lipinski definition) is 3. The lowest BCUT2D eigenvalue weighted by Crippen LogP contribution is -2.41. The minimum atomic E-state index is -0.0624. The second kappa shape index (κ2) is 9.63. The van der Waals surface area contributed by atoms with Crippen LogP contribution >= 0.6 is 11.3 Å². The number of nitrogens with zero attached hydrogens (tertiary/aromatic N) is 1. The number of benzene rings is 1. The van der Waals surface area contributed by atoms with Gasteiger partial charge in [0.25, 0.3) is 5.91 Å². The zero-order valence-corrected chi connectivity index (χ0v) is 14.0. The molecule has 1 amide bonds. The van der Waals surface area contributed by atoms with Gasteiger partial charge in [0.1, 0.15) is 0 Å². The van der Waals surface area contributed by atoms with E-state index in [9.17, 15) is 4.79 Å². The predicted molar refractivity (Wildman–Crippen MR) is 95.9 cm³/mol. The molecule has 0 radical (unpaired) electrons. The zero-order chi connectivity index (χ0) is 16.3. The normalized spacial score (nSPS) is 11.1. The van der Waals surface area contributed by atoms with Gasteiger partial charge in [-0.15, -0.1) is 0 Å². The standard InChI is InChI=1S/C17H22N4OS/c1-2-18-17(21-12-14-8-11-23-13-14)20-10-9-19-16(22)15-6-4-3-5-7-15/h3-8,11,13H,2,9-10,12H2,1H3,(H,19,22)(H2,18,20,21). The summed E-state index contributed by atoms with van der Waals surface area (Å²) in [5, 5.41) is 13.4. The monoisotopic (exact) mass is 330 g/mol. The van der Waals surface area contributed by atoms with Crippen molar-refractivity contribution >= 4 is 23.2 Å². The van der Waals surface area contributed by atoms with Crippen LogP contribution in [0.3, 0.4) is 0 Å². The highest BCUT2D eigenvalue weighted by Crippen LogP contribution is 2.06. The van der Waals surface area contributed by atoms with E-state index in [1.165, 1.54) is 5.56 Å². The van der Waals surface area contributed by atoms with Crippen LogP contribution in [0.5, 0.6) is 0 Å². The average Bonchev–Trinajstić information content (AvgIpc) is 3.10. The van der Waals surface area contributed by atoms with Crippen LogP contribution < -0.4 is 16.0 Å². The summed E-state index contributed by atoms with van der Waals surface area (Å²) in [5.74, 6) is 0.695. The molecule has 0 fully saturated rings. The fourth-order valence-electron chi connectivity index (χ4n) is 1.94. The van der Waals surface area contributed by atoms with Crippen molar-refractivity contribution < 1.29 is 4.79 Å². The van der Waals surface area contributed by atoms with Crippen molar-refractivity contribution in [3.05, 3.63) is 58.3 Å². The van der Waals surface area contributed by atoms with E-state index in [1.54, 1.807) is 23.5 Å². The van der Waals surface area contributed by atoms with E-state index in [-0.39, 0.29) is 5.91 Å². The van der Waals surface area contributed by atoms with Crippen LogP contribution in [0.25, 0.3) is 0 Å². The molecule has 3 N–H and O–H groups in total. The topological polar surface area (TPSA) is 65.5 Å². The van der Waals surface area contributed by atoms with Crippen molar-refractivity contribution in [1.29, 1.82) is 0 Å². The summed E-state index contributed by atoms with van der Waals surface area (Å²) in [7, 11) is 0. The summed E-state index contributed by atoms with van der Waals surface area (Å²) in [4.78, 5) is 16.4. The Balaban J connectivity index is 1.73. The second-order valence-corrected chi connectivity index (χ2v) is 5.66. The van der Waals surface area contributed by atoms with E-state index >= 15 is 0 Å². The molecule has 0 aliphatic heterocycles. The molecule has 0 bridgehead atoms.